The molecule has 0 saturated carbocycles. The van der Waals surface area contributed by atoms with Crippen molar-refractivity contribution in [2.75, 3.05) is 5.32 Å². The summed E-state index contributed by atoms with van der Waals surface area (Å²) in [7, 11) is 0. The molecule has 36 heavy (non-hydrogen) atoms. The van der Waals surface area contributed by atoms with Gasteiger partial charge >= 0.3 is 6.18 Å². The van der Waals surface area contributed by atoms with Crippen LogP contribution in [0.3, 0.4) is 0 Å². The number of nitrogens with zero attached hydrogens (tertiary/aromatic N) is 4. The molecule has 2 N–H and O–H groups in total. The Morgan fingerprint density at radius 2 is 1.78 bits per heavy atom. The summed E-state index contributed by atoms with van der Waals surface area (Å²) in [5.74, 6) is 0.368. The first kappa shape index (κ1) is 23.5. The van der Waals surface area contributed by atoms with Crippen molar-refractivity contribution >= 4 is 11.6 Å². The first-order valence-corrected chi connectivity index (χ1v) is 11.3. The molecule has 0 fully saturated rings. The highest BCUT2D eigenvalue weighted by atomic mass is 19.4. The van der Waals surface area contributed by atoms with E-state index in [0.29, 0.717) is 39.8 Å². The topological polar surface area (TPSA) is 75.3 Å². The van der Waals surface area contributed by atoms with Crippen molar-refractivity contribution in [1.29, 1.82) is 0 Å². The van der Waals surface area contributed by atoms with Crippen LogP contribution in [0.5, 0.6) is 0 Å². The molecule has 0 radical (unpaired) electrons. The Morgan fingerprint density at radius 3 is 2.53 bits per heavy atom. The fraction of sp³-hybridized carbons (Fsp3) is 0.148. The maximum Gasteiger partial charge on any atom is 0.416 e. The van der Waals surface area contributed by atoms with Gasteiger partial charge in [-0.25, -0.2) is 15.0 Å². The number of aliphatic hydroxyl groups is 1. The molecule has 9 heteroatoms. The number of hydrogen-bond acceptors (Lipinski definition) is 5. The van der Waals surface area contributed by atoms with Crippen molar-refractivity contribution < 1.29 is 18.3 Å². The molecule has 0 bridgehead atoms. The summed E-state index contributed by atoms with van der Waals surface area (Å²) in [4.78, 5) is 13.6. The predicted octanol–water partition coefficient (Wildman–Crippen LogP) is 6.14. The molecule has 182 valence electrons. The van der Waals surface area contributed by atoms with Crippen LogP contribution in [0.2, 0.25) is 0 Å². The highest BCUT2D eigenvalue weighted by Crippen LogP contribution is 2.36. The number of hydrogen-bond donors (Lipinski definition) is 2. The van der Waals surface area contributed by atoms with Gasteiger partial charge < -0.3 is 10.4 Å². The number of alkyl halides is 3. The minimum atomic E-state index is -4.49. The molecule has 5 rings (SSSR count). The number of imidazole rings is 1. The maximum absolute atomic E-state index is 13.4. The van der Waals surface area contributed by atoms with Crippen molar-refractivity contribution in [3.63, 3.8) is 0 Å². The fourth-order valence-electron chi connectivity index (χ4n) is 4.05. The fourth-order valence-corrected chi connectivity index (χ4v) is 4.05. The molecule has 0 aliphatic rings. The van der Waals surface area contributed by atoms with Gasteiger partial charge in [-0.15, -0.1) is 0 Å². The van der Waals surface area contributed by atoms with E-state index in [9.17, 15) is 18.3 Å². The predicted molar refractivity (Wildman–Crippen MR) is 131 cm³/mol. The van der Waals surface area contributed by atoms with Gasteiger partial charge in [-0.2, -0.15) is 13.2 Å². The van der Waals surface area contributed by atoms with Crippen molar-refractivity contribution in [2.45, 2.75) is 25.7 Å². The summed E-state index contributed by atoms with van der Waals surface area (Å²) in [6, 6.07) is 19.9. The number of pyridine rings is 1. The highest BCUT2D eigenvalue weighted by Gasteiger charge is 2.31. The molecule has 1 atom stereocenters. The molecule has 0 amide bonds. The molecular formula is C27H22F3N5O. The minimum absolute atomic E-state index is 0.0763. The van der Waals surface area contributed by atoms with E-state index in [1.54, 1.807) is 41.1 Å². The number of aliphatic hydroxyl groups excluding tert-OH is 1. The number of fused-ring (bicyclic) bond motifs is 1. The quantitative estimate of drug-likeness (QED) is 0.300. The number of anilines is 1. The SMILES string of the molecule is C[C@@H](Nc1nccc(-c2c(-c3cccc(C(F)(F)F)c3)nc3ccc(CO)cn23)n1)c1ccccc1. The monoisotopic (exact) mass is 489 g/mol. The third-order valence-corrected chi connectivity index (χ3v) is 5.87. The summed E-state index contributed by atoms with van der Waals surface area (Å²) >= 11 is 0. The van der Waals surface area contributed by atoms with E-state index in [4.69, 9.17) is 0 Å². The second-order valence-electron chi connectivity index (χ2n) is 8.35. The van der Waals surface area contributed by atoms with Crippen LogP contribution in [-0.4, -0.2) is 24.5 Å². The van der Waals surface area contributed by atoms with Crippen molar-refractivity contribution in [1.82, 2.24) is 19.4 Å². The van der Waals surface area contributed by atoms with Crippen LogP contribution >= 0.6 is 0 Å². The lowest BCUT2D eigenvalue weighted by Gasteiger charge is -2.15. The average Bonchev–Trinajstić information content (AvgIpc) is 3.27. The van der Waals surface area contributed by atoms with E-state index in [1.165, 1.54) is 6.07 Å². The largest absolute Gasteiger partial charge is 0.416 e. The van der Waals surface area contributed by atoms with Gasteiger partial charge in [-0.1, -0.05) is 48.5 Å². The number of nitrogens with one attached hydrogen (secondary N) is 1. The van der Waals surface area contributed by atoms with Crippen LogP contribution in [0.1, 0.15) is 29.7 Å². The van der Waals surface area contributed by atoms with Crippen LogP contribution in [0.4, 0.5) is 19.1 Å². The Hall–Kier alpha value is -4.24. The maximum atomic E-state index is 13.4. The summed E-state index contributed by atoms with van der Waals surface area (Å²) in [6.45, 7) is 1.79. The van der Waals surface area contributed by atoms with Gasteiger partial charge in [-0.3, -0.25) is 4.40 Å². The smallest absolute Gasteiger partial charge is 0.392 e. The Balaban J connectivity index is 1.64. The molecule has 0 unspecified atom stereocenters. The average molecular weight is 490 g/mol. The number of aromatic nitrogens is 4. The zero-order valence-corrected chi connectivity index (χ0v) is 19.2. The molecule has 6 nitrogen and oxygen atoms in total. The zero-order chi connectivity index (χ0) is 25.3. The van der Waals surface area contributed by atoms with E-state index in [1.807, 2.05) is 37.3 Å². The van der Waals surface area contributed by atoms with Gasteiger partial charge in [0.25, 0.3) is 0 Å². The van der Waals surface area contributed by atoms with E-state index in [-0.39, 0.29) is 12.6 Å². The Kier molecular flexibility index (Phi) is 6.15. The van der Waals surface area contributed by atoms with Gasteiger partial charge in [0.15, 0.2) is 0 Å². The van der Waals surface area contributed by atoms with Gasteiger partial charge in [0.2, 0.25) is 5.95 Å². The lowest BCUT2D eigenvalue weighted by Crippen LogP contribution is -2.09. The molecular weight excluding hydrogens is 467 g/mol. The summed E-state index contributed by atoms with van der Waals surface area (Å²) in [5, 5.41) is 12.9. The molecule has 5 aromatic rings. The van der Waals surface area contributed by atoms with E-state index in [2.05, 4.69) is 20.3 Å². The van der Waals surface area contributed by atoms with Crippen LogP contribution in [0, 0.1) is 0 Å². The Labute approximate surface area is 205 Å². The number of rotatable bonds is 6. The summed E-state index contributed by atoms with van der Waals surface area (Å²) in [5.41, 5.74) is 3.05. The standard InChI is InChI=1S/C27H22F3N5O/c1-17(19-6-3-2-4-7-19)32-26-31-13-12-22(33-26)25-24(20-8-5-9-21(14-20)27(28,29)30)34-23-11-10-18(16-36)15-35(23)25/h2-15,17,36H,16H2,1H3,(H,31,32,33)/t17-/m1/s1. The first-order valence-electron chi connectivity index (χ1n) is 11.3. The van der Waals surface area contributed by atoms with Gasteiger partial charge in [0.05, 0.1) is 35.3 Å². The van der Waals surface area contributed by atoms with Crippen molar-refractivity contribution in [2.24, 2.45) is 0 Å². The Morgan fingerprint density at radius 1 is 0.972 bits per heavy atom. The normalized spacial score (nSPS) is 12.6. The second kappa shape index (κ2) is 9.43. The minimum Gasteiger partial charge on any atom is -0.392 e. The van der Waals surface area contributed by atoms with E-state index < -0.39 is 11.7 Å². The van der Waals surface area contributed by atoms with Crippen molar-refractivity contribution in [3.05, 3.63) is 102 Å². The van der Waals surface area contributed by atoms with Gasteiger partial charge in [0, 0.05) is 18.0 Å². The van der Waals surface area contributed by atoms with Gasteiger partial charge in [0.1, 0.15) is 5.65 Å². The first-order chi connectivity index (χ1) is 17.3. The molecule has 2 aromatic carbocycles. The number of benzene rings is 2. The highest BCUT2D eigenvalue weighted by molar-refractivity contribution is 5.81. The summed E-state index contributed by atoms with van der Waals surface area (Å²) in [6.07, 6.45) is -1.19. The van der Waals surface area contributed by atoms with Crippen LogP contribution in [0.25, 0.3) is 28.3 Å². The molecule has 3 heterocycles. The Bertz CT molecular complexity index is 1520. The second-order valence-corrected chi connectivity index (χ2v) is 8.35. The van der Waals surface area contributed by atoms with Gasteiger partial charge in [-0.05, 0) is 42.3 Å². The van der Waals surface area contributed by atoms with E-state index >= 15 is 0 Å². The van der Waals surface area contributed by atoms with E-state index in [0.717, 1.165) is 17.7 Å². The summed E-state index contributed by atoms with van der Waals surface area (Å²) < 4.78 is 42.1. The van der Waals surface area contributed by atoms with Crippen LogP contribution in [-0.2, 0) is 12.8 Å². The molecule has 0 saturated heterocycles. The lowest BCUT2D eigenvalue weighted by molar-refractivity contribution is -0.137. The zero-order valence-electron chi connectivity index (χ0n) is 19.2. The van der Waals surface area contributed by atoms with Crippen LogP contribution in [0.15, 0.2) is 85.2 Å². The molecule has 0 aliphatic carbocycles. The molecule has 0 spiro atoms. The number of halogens is 3. The third-order valence-electron chi connectivity index (χ3n) is 5.87. The molecule has 3 aromatic heterocycles. The lowest BCUT2D eigenvalue weighted by atomic mass is 10.0. The molecule has 0 aliphatic heterocycles. The third kappa shape index (κ3) is 4.65. The van der Waals surface area contributed by atoms with Crippen molar-refractivity contribution in [3.8, 4) is 22.6 Å². The van der Waals surface area contributed by atoms with Crippen LogP contribution < -0.4 is 5.32 Å².